The summed E-state index contributed by atoms with van der Waals surface area (Å²) in [5, 5.41) is 0.575. The molecule has 1 aromatic rings. The summed E-state index contributed by atoms with van der Waals surface area (Å²) >= 11 is 0. The quantitative estimate of drug-likeness (QED) is 0.600. The molecule has 35 heavy (non-hydrogen) atoms. The zero-order valence-corrected chi connectivity index (χ0v) is 19.7. The highest BCUT2D eigenvalue weighted by Gasteiger charge is 2.51. The highest BCUT2D eigenvalue weighted by atomic mass is 16.7. The molecule has 4 saturated heterocycles. The lowest BCUT2D eigenvalue weighted by Gasteiger charge is -2.38. The van der Waals surface area contributed by atoms with E-state index in [-0.39, 0.29) is 19.1 Å². The van der Waals surface area contributed by atoms with Crippen molar-refractivity contribution in [3.8, 4) is 0 Å². The van der Waals surface area contributed by atoms with E-state index in [1.807, 2.05) is 18.2 Å². The van der Waals surface area contributed by atoms with Crippen molar-refractivity contribution in [2.75, 3.05) is 59.0 Å². The van der Waals surface area contributed by atoms with Gasteiger partial charge in [0.1, 0.15) is 6.04 Å². The van der Waals surface area contributed by atoms with E-state index in [2.05, 4.69) is 12.1 Å². The molecule has 1 atom stereocenters. The van der Waals surface area contributed by atoms with E-state index in [1.54, 1.807) is 14.7 Å². The number of rotatable bonds is 3. The minimum atomic E-state index is -0.842. The zero-order chi connectivity index (χ0) is 24.4. The van der Waals surface area contributed by atoms with E-state index in [4.69, 9.17) is 9.57 Å². The lowest BCUT2D eigenvalue weighted by molar-refractivity contribution is -0.152. The number of hydroxylamine groups is 2. The smallest absolute Gasteiger partial charge is 0.378 e. The first-order chi connectivity index (χ1) is 17.0. The van der Waals surface area contributed by atoms with Crippen LogP contribution in [0.25, 0.3) is 0 Å². The number of hydrogen-bond acceptors (Lipinski definition) is 6. The molecule has 11 nitrogen and oxygen atoms in total. The van der Waals surface area contributed by atoms with Gasteiger partial charge in [0.2, 0.25) is 0 Å². The number of benzene rings is 1. The Morgan fingerprint density at radius 3 is 2.31 bits per heavy atom. The Hall–Kier alpha value is -3.34. The summed E-state index contributed by atoms with van der Waals surface area (Å²) in [6.07, 6.45) is 1.94. The molecule has 0 radical (unpaired) electrons. The first-order valence-electron chi connectivity index (χ1n) is 12.3. The van der Waals surface area contributed by atoms with Crippen molar-refractivity contribution in [1.82, 2.24) is 24.7 Å². The van der Waals surface area contributed by atoms with Gasteiger partial charge in [0, 0.05) is 39.3 Å². The predicted octanol–water partition coefficient (Wildman–Crippen LogP) is 1.39. The number of likely N-dealkylation sites (tertiary alicyclic amines) is 1. The summed E-state index contributed by atoms with van der Waals surface area (Å²) in [5.41, 5.74) is 1.28. The molecule has 0 saturated carbocycles. The molecule has 5 rings (SSSR count). The fraction of sp³-hybridized carbons (Fsp3) is 0.583. The molecular formula is C24H31N5O6. The fourth-order valence-electron chi connectivity index (χ4n) is 5.18. The number of urea groups is 2. The van der Waals surface area contributed by atoms with Crippen LogP contribution in [-0.4, -0.2) is 114 Å². The Morgan fingerprint density at radius 2 is 1.60 bits per heavy atom. The average molecular weight is 486 g/mol. The molecule has 0 spiro atoms. The normalized spacial score (nSPS) is 23.5. The van der Waals surface area contributed by atoms with E-state index in [9.17, 15) is 19.2 Å². The van der Waals surface area contributed by atoms with Gasteiger partial charge in [-0.2, -0.15) is 0 Å². The number of amides is 6. The SMILES string of the molecule is O=C(ON1C(=O)C2CN(C(=O)N3CCOCC3)CCN2C1=O)N1CCC(Cc2ccccc2)CC1. The summed E-state index contributed by atoms with van der Waals surface area (Å²) in [6.45, 7) is 3.62. The van der Waals surface area contributed by atoms with Gasteiger partial charge in [-0.15, -0.1) is 0 Å². The molecule has 6 amide bonds. The Balaban J connectivity index is 1.13. The summed E-state index contributed by atoms with van der Waals surface area (Å²) in [4.78, 5) is 62.8. The maximum Gasteiger partial charge on any atom is 0.434 e. The number of ether oxygens (including phenoxy) is 1. The van der Waals surface area contributed by atoms with Crippen LogP contribution in [0, 0.1) is 5.92 Å². The van der Waals surface area contributed by atoms with Gasteiger partial charge in [0.15, 0.2) is 0 Å². The second-order valence-electron chi connectivity index (χ2n) is 9.43. The zero-order valence-electron chi connectivity index (χ0n) is 19.7. The standard InChI is InChI=1S/C24H31N5O6/c30-21-20-17-27(22(31)25-12-14-34-15-13-25)10-11-28(20)23(32)29(21)35-24(33)26-8-6-19(7-9-26)16-18-4-2-1-3-5-18/h1-5,19-20H,6-17H2. The van der Waals surface area contributed by atoms with E-state index in [1.165, 1.54) is 10.5 Å². The molecule has 1 unspecified atom stereocenters. The average Bonchev–Trinajstić information content (AvgIpc) is 3.14. The van der Waals surface area contributed by atoms with Crippen molar-refractivity contribution in [3.63, 3.8) is 0 Å². The third-order valence-electron chi connectivity index (χ3n) is 7.25. The first-order valence-corrected chi connectivity index (χ1v) is 12.3. The summed E-state index contributed by atoms with van der Waals surface area (Å²) in [5.74, 6) is -0.137. The van der Waals surface area contributed by atoms with Gasteiger partial charge in [-0.1, -0.05) is 35.4 Å². The summed E-state index contributed by atoms with van der Waals surface area (Å²) in [7, 11) is 0. The molecule has 1 aromatic carbocycles. The largest absolute Gasteiger partial charge is 0.434 e. The van der Waals surface area contributed by atoms with Crippen molar-refractivity contribution in [2.45, 2.75) is 25.3 Å². The molecule has 4 heterocycles. The molecule has 4 fully saturated rings. The van der Waals surface area contributed by atoms with Crippen molar-refractivity contribution >= 4 is 24.1 Å². The number of hydrogen-bond donors (Lipinski definition) is 0. The number of morpholine rings is 1. The number of carbonyl (C=O) groups is 4. The molecule has 0 N–H and O–H groups in total. The van der Waals surface area contributed by atoms with Crippen LogP contribution in [0.15, 0.2) is 30.3 Å². The number of fused-ring (bicyclic) bond motifs is 1. The number of imide groups is 1. The molecule has 0 aromatic heterocycles. The van der Waals surface area contributed by atoms with Crippen LogP contribution >= 0.6 is 0 Å². The van der Waals surface area contributed by atoms with Crippen molar-refractivity contribution in [1.29, 1.82) is 0 Å². The molecular weight excluding hydrogens is 454 g/mol. The lowest BCUT2D eigenvalue weighted by Crippen LogP contribution is -2.58. The number of piperazine rings is 1. The fourth-order valence-corrected chi connectivity index (χ4v) is 5.18. The minimum Gasteiger partial charge on any atom is -0.378 e. The van der Waals surface area contributed by atoms with E-state index < -0.39 is 24.1 Å². The Bertz CT molecular complexity index is 960. The summed E-state index contributed by atoms with van der Waals surface area (Å²) in [6, 6.07) is 8.60. The Morgan fingerprint density at radius 1 is 0.886 bits per heavy atom. The van der Waals surface area contributed by atoms with Crippen molar-refractivity contribution < 1.29 is 28.8 Å². The number of carbonyl (C=O) groups excluding carboxylic acids is 4. The Labute approximate surface area is 204 Å². The molecule has 0 bridgehead atoms. The highest BCUT2D eigenvalue weighted by molar-refractivity contribution is 6.04. The third kappa shape index (κ3) is 4.90. The highest BCUT2D eigenvalue weighted by Crippen LogP contribution is 2.26. The van der Waals surface area contributed by atoms with E-state index >= 15 is 0 Å². The topological polar surface area (TPSA) is 103 Å². The second-order valence-corrected chi connectivity index (χ2v) is 9.43. The third-order valence-corrected chi connectivity index (χ3v) is 7.25. The maximum atomic E-state index is 13.0. The maximum absolute atomic E-state index is 13.0. The monoisotopic (exact) mass is 485 g/mol. The van der Waals surface area contributed by atoms with Gasteiger partial charge < -0.3 is 29.2 Å². The van der Waals surface area contributed by atoms with Crippen LogP contribution in [0.3, 0.4) is 0 Å². The molecule has 11 heteroatoms. The molecule has 4 aliphatic heterocycles. The van der Waals surface area contributed by atoms with Gasteiger partial charge in [0.25, 0.3) is 5.91 Å². The van der Waals surface area contributed by atoms with Crippen LogP contribution in [0.1, 0.15) is 18.4 Å². The van der Waals surface area contributed by atoms with Crippen LogP contribution in [-0.2, 0) is 20.8 Å². The van der Waals surface area contributed by atoms with Crippen molar-refractivity contribution in [2.24, 2.45) is 5.92 Å². The van der Waals surface area contributed by atoms with Crippen molar-refractivity contribution in [3.05, 3.63) is 35.9 Å². The van der Waals surface area contributed by atoms with Crippen LogP contribution in [0.4, 0.5) is 14.4 Å². The second kappa shape index (κ2) is 10.1. The van der Waals surface area contributed by atoms with Crippen LogP contribution < -0.4 is 0 Å². The van der Waals surface area contributed by atoms with Crippen LogP contribution in [0.5, 0.6) is 0 Å². The summed E-state index contributed by atoms with van der Waals surface area (Å²) < 4.78 is 5.29. The molecule has 0 aliphatic carbocycles. The molecule has 188 valence electrons. The predicted molar refractivity (Wildman–Crippen MR) is 123 cm³/mol. The Kier molecular flexibility index (Phi) is 6.76. The van der Waals surface area contributed by atoms with Gasteiger partial charge in [-0.3, -0.25) is 4.79 Å². The number of nitrogens with zero attached hydrogens (tertiary/aromatic N) is 5. The molecule has 4 aliphatic rings. The van der Waals surface area contributed by atoms with E-state index in [0.717, 1.165) is 19.3 Å². The van der Waals surface area contributed by atoms with Gasteiger partial charge in [-0.05, 0) is 30.7 Å². The van der Waals surface area contributed by atoms with Gasteiger partial charge in [0.05, 0.1) is 19.8 Å². The minimum absolute atomic E-state index is 0.0830. The van der Waals surface area contributed by atoms with Gasteiger partial charge in [-0.25, -0.2) is 14.4 Å². The number of piperidine rings is 1. The lowest BCUT2D eigenvalue weighted by atomic mass is 9.90. The van der Waals surface area contributed by atoms with Gasteiger partial charge >= 0.3 is 18.2 Å². The first kappa shape index (κ1) is 23.4. The van der Waals surface area contributed by atoms with Crippen LogP contribution in [0.2, 0.25) is 0 Å². The van der Waals surface area contributed by atoms with E-state index in [0.29, 0.717) is 56.9 Å².